The number of rotatable bonds is 11. The van der Waals surface area contributed by atoms with Crippen LogP contribution in [0.25, 0.3) is 0 Å². The van der Waals surface area contributed by atoms with Gasteiger partial charge in [-0.2, -0.15) is 0 Å². The van der Waals surface area contributed by atoms with Crippen LogP contribution in [0.2, 0.25) is 0 Å². The lowest BCUT2D eigenvalue weighted by Crippen LogP contribution is -2.41. The van der Waals surface area contributed by atoms with Crippen LogP contribution in [0.5, 0.6) is 17.2 Å². The van der Waals surface area contributed by atoms with Crippen molar-refractivity contribution in [2.24, 2.45) is 5.92 Å². The standard InChI is InChI=1S/C21H32N2O6/c1-27-17-9-6-10-18(28-2)21(17)29-14-16(24)12-22-20(26)13-23-19(25)11-15-7-4-3-5-8-15/h6,9-10,15-16,24H,3-5,7-8,11-14H2,1-2H3,(H,22,26)(H,23,25). The normalized spacial score (nSPS) is 15.3. The van der Waals surface area contributed by atoms with Crippen molar-refractivity contribution >= 4 is 11.8 Å². The number of ether oxygens (including phenoxy) is 3. The van der Waals surface area contributed by atoms with E-state index in [4.69, 9.17) is 14.2 Å². The van der Waals surface area contributed by atoms with Crippen molar-refractivity contribution in [1.82, 2.24) is 10.6 Å². The summed E-state index contributed by atoms with van der Waals surface area (Å²) >= 11 is 0. The predicted molar refractivity (Wildman–Crippen MR) is 108 cm³/mol. The molecule has 1 atom stereocenters. The molecule has 1 unspecified atom stereocenters. The molecule has 1 aliphatic rings. The first-order valence-corrected chi connectivity index (χ1v) is 10.1. The molecular weight excluding hydrogens is 376 g/mol. The SMILES string of the molecule is COc1cccc(OC)c1OCC(O)CNC(=O)CNC(=O)CC1CCCCC1. The Balaban J connectivity index is 1.66. The smallest absolute Gasteiger partial charge is 0.239 e. The molecule has 1 aliphatic carbocycles. The number of methoxy groups -OCH3 is 2. The number of hydrogen-bond donors (Lipinski definition) is 3. The first-order chi connectivity index (χ1) is 14.0. The van der Waals surface area contributed by atoms with Gasteiger partial charge in [0, 0.05) is 13.0 Å². The van der Waals surface area contributed by atoms with E-state index in [1.807, 2.05) is 0 Å². The number of benzene rings is 1. The topological polar surface area (TPSA) is 106 Å². The summed E-state index contributed by atoms with van der Waals surface area (Å²) in [5.74, 6) is 1.34. The number of aliphatic hydroxyl groups is 1. The summed E-state index contributed by atoms with van der Waals surface area (Å²) in [6.45, 7) is -0.140. The Kier molecular flexibility index (Phi) is 9.56. The molecule has 8 nitrogen and oxygen atoms in total. The van der Waals surface area contributed by atoms with E-state index in [1.54, 1.807) is 18.2 Å². The van der Waals surface area contributed by atoms with Crippen LogP contribution < -0.4 is 24.8 Å². The van der Waals surface area contributed by atoms with Crippen molar-refractivity contribution in [3.05, 3.63) is 18.2 Å². The maximum atomic E-state index is 11.9. The Hall–Kier alpha value is -2.48. The Morgan fingerprint density at radius 1 is 1.07 bits per heavy atom. The van der Waals surface area contributed by atoms with Gasteiger partial charge in [0.05, 0.1) is 20.8 Å². The highest BCUT2D eigenvalue weighted by molar-refractivity contribution is 5.84. The molecule has 3 N–H and O–H groups in total. The number of carbonyl (C=O) groups excluding carboxylic acids is 2. The lowest BCUT2D eigenvalue weighted by molar-refractivity contribution is -0.127. The van der Waals surface area contributed by atoms with Crippen LogP contribution in [-0.2, 0) is 9.59 Å². The highest BCUT2D eigenvalue weighted by Crippen LogP contribution is 2.36. The quantitative estimate of drug-likeness (QED) is 0.514. The van der Waals surface area contributed by atoms with Gasteiger partial charge in [-0.05, 0) is 30.9 Å². The molecule has 0 radical (unpaired) electrons. The molecule has 1 saturated carbocycles. The highest BCUT2D eigenvalue weighted by atomic mass is 16.5. The highest BCUT2D eigenvalue weighted by Gasteiger charge is 2.18. The zero-order chi connectivity index (χ0) is 21.1. The minimum absolute atomic E-state index is 0.00872. The van der Waals surface area contributed by atoms with E-state index in [-0.39, 0.29) is 31.5 Å². The van der Waals surface area contributed by atoms with E-state index in [9.17, 15) is 14.7 Å². The minimum atomic E-state index is -0.925. The van der Waals surface area contributed by atoms with Gasteiger partial charge in [-0.25, -0.2) is 0 Å². The molecule has 0 aromatic heterocycles. The monoisotopic (exact) mass is 408 g/mol. The van der Waals surface area contributed by atoms with Crippen LogP contribution in [0.1, 0.15) is 38.5 Å². The minimum Gasteiger partial charge on any atom is -0.493 e. The van der Waals surface area contributed by atoms with Crippen molar-refractivity contribution in [3.8, 4) is 17.2 Å². The zero-order valence-corrected chi connectivity index (χ0v) is 17.2. The number of hydrogen-bond acceptors (Lipinski definition) is 6. The van der Waals surface area contributed by atoms with Gasteiger partial charge in [0.2, 0.25) is 17.6 Å². The fourth-order valence-corrected chi connectivity index (χ4v) is 3.40. The predicted octanol–water partition coefficient (Wildman–Crippen LogP) is 1.65. The van der Waals surface area contributed by atoms with Crippen LogP contribution in [0, 0.1) is 5.92 Å². The molecule has 29 heavy (non-hydrogen) atoms. The van der Waals surface area contributed by atoms with E-state index in [1.165, 1.54) is 33.5 Å². The fraction of sp³-hybridized carbons (Fsp3) is 0.619. The summed E-state index contributed by atoms with van der Waals surface area (Å²) in [5, 5.41) is 15.3. The molecule has 162 valence electrons. The van der Waals surface area contributed by atoms with Gasteiger partial charge in [0.15, 0.2) is 11.5 Å². The summed E-state index contributed by atoms with van der Waals surface area (Å²) in [4.78, 5) is 23.9. The Labute approximate surface area is 171 Å². The third-order valence-electron chi connectivity index (χ3n) is 4.98. The second kappa shape index (κ2) is 12.2. The lowest BCUT2D eigenvalue weighted by atomic mass is 9.87. The average molecular weight is 408 g/mol. The van der Waals surface area contributed by atoms with Crippen molar-refractivity contribution in [1.29, 1.82) is 0 Å². The summed E-state index contributed by atoms with van der Waals surface area (Å²) in [7, 11) is 3.03. The van der Waals surface area contributed by atoms with Crippen LogP contribution in [-0.4, -0.2) is 56.9 Å². The molecular formula is C21H32N2O6. The fourth-order valence-electron chi connectivity index (χ4n) is 3.40. The third kappa shape index (κ3) is 7.81. The summed E-state index contributed by atoms with van der Waals surface area (Å²) in [6.07, 6.45) is 5.33. The summed E-state index contributed by atoms with van der Waals surface area (Å²) in [6, 6.07) is 5.22. The van der Waals surface area contributed by atoms with Crippen LogP contribution >= 0.6 is 0 Å². The maximum absolute atomic E-state index is 11.9. The van der Waals surface area contributed by atoms with Gasteiger partial charge in [0.25, 0.3) is 0 Å². The molecule has 0 spiro atoms. The van der Waals surface area contributed by atoms with Crippen LogP contribution in [0.15, 0.2) is 18.2 Å². The third-order valence-corrected chi connectivity index (χ3v) is 4.98. The van der Waals surface area contributed by atoms with Crippen molar-refractivity contribution in [2.45, 2.75) is 44.6 Å². The van der Waals surface area contributed by atoms with Crippen LogP contribution in [0.3, 0.4) is 0 Å². The lowest BCUT2D eigenvalue weighted by Gasteiger charge is -2.20. The Bertz CT molecular complexity index is 638. The number of amides is 2. The Morgan fingerprint density at radius 2 is 1.72 bits per heavy atom. The molecule has 0 aliphatic heterocycles. The van der Waals surface area contributed by atoms with E-state index in [0.717, 1.165) is 12.8 Å². The van der Waals surface area contributed by atoms with Gasteiger partial charge in [-0.1, -0.05) is 25.3 Å². The number of para-hydroxylation sites is 1. The van der Waals surface area contributed by atoms with Gasteiger partial charge >= 0.3 is 0 Å². The molecule has 2 amide bonds. The van der Waals surface area contributed by atoms with Gasteiger partial charge in [0.1, 0.15) is 12.7 Å². The first kappa shape index (κ1) is 22.8. The molecule has 1 fully saturated rings. The molecule has 0 saturated heterocycles. The van der Waals surface area contributed by atoms with Crippen molar-refractivity contribution in [2.75, 3.05) is 33.9 Å². The zero-order valence-electron chi connectivity index (χ0n) is 17.2. The second-order valence-electron chi connectivity index (χ2n) is 7.25. The summed E-state index contributed by atoms with van der Waals surface area (Å²) < 4.78 is 16.1. The molecule has 0 bridgehead atoms. The number of aliphatic hydroxyl groups excluding tert-OH is 1. The average Bonchev–Trinajstić information content (AvgIpc) is 2.75. The van der Waals surface area contributed by atoms with Crippen LogP contribution in [0.4, 0.5) is 0 Å². The van der Waals surface area contributed by atoms with Gasteiger partial charge in [-0.15, -0.1) is 0 Å². The van der Waals surface area contributed by atoms with E-state index in [2.05, 4.69) is 10.6 Å². The van der Waals surface area contributed by atoms with Gasteiger partial charge < -0.3 is 30.0 Å². The summed E-state index contributed by atoms with van der Waals surface area (Å²) in [5.41, 5.74) is 0. The number of carbonyl (C=O) groups is 2. The van der Waals surface area contributed by atoms with E-state index < -0.39 is 6.10 Å². The Morgan fingerprint density at radius 3 is 2.34 bits per heavy atom. The maximum Gasteiger partial charge on any atom is 0.239 e. The molecule has 2 rings (SSSR count). The van der Waals surface area contributed by atoms with Gasteiger partial charge in [-0.3, -0.25) is 9.59 Å². The molecule has 1 aromatic rings. The van der Waals surface area contributed by atoms with Crippen molar-refractivity contribution < 1.29 is 28.9 Å². The second-order valence-corrected chi connectivity index (χ2v) is 7.25. The molecule has 1 aromatic carbocycles. The van der Waals surface area contributed by atoms with E-state index >= 15 is 0 Å². The largest absolute Gasteiger partial charge is 0.493 e. The molecule has 0 heterocycles. The van der Waals surface area contributed by atoms with Crippen molar-refractivity contribution in [3.63, 3.8) is 0 Å². The molecule has 8 heteroatoms. The first-order valence-electron chi connectivity index (χ1n) is 10.1. The van der Waals surface area contributed by atoms with E-state index in [0.29, 0.717) is 29.6 Å². The number of nitrogens with one attached hydrogen (secondary N) is 2.